The number of benzene rings is 1. The summed E-state index contributed by atoms with van der Waals surface area (Å²) in [6.45, 7) is 0.594. The Bertz CT molecular complexity index is 542. The van der Waals surface area contributed by atoms with E-state index < -0.39 is 0 Å². The molecule has 1 N–H and O–H groups in total. The zero-order valence-corrected chi connectivity index (χ0v) is 14.2. The third-order valence-electron chi connectivity index (χ3n) is 2.14. The zero-order chi connectivity index (χ0) is 13.3. The average molecular weight is 406 g/mol. The molecule has 1 aromatic heterocycles. The van der Waals surface area contributed by atoms with Crippen molar-refractivity contribution in [1.82, 2.24) is 0 Å². The molecule has 7 heteroatoms. The number of thiophene rings is 1. The van der Waals surface area contributed by atoms with Crippen LogP contribution in [0.3, 0.4) is 0 Å². The standard InChI is InChI=1S/C11H6BrCl4NS/c12-7-3-6(18-11(7)16)4-17-10-8(14)1-5(13)2-9(10)15/h1-3,17H,4H2. The van der Waals surface area contributed by atoms with Crippen molar-refractivity contribution >= 4 is 79.4 Å². The molecular formula is C11H6BrCl4NS. The fourth-order valence-electron chi connectivity index (χ4n) is 1.37. The van der Waals surface area contributed by atoms with Gasteiger partial charge in [-0.05, 0) is 34.1 Å². The number of hydrogen-bond acceptors (Lipinski definition) is 2. The van der Waals surface area contributed by atoms with Crippen molar-refractivity contribution in [2.45, 2.75) is 6.54 Å². The van der Waals surface area contributed by atoms with Crippen LogP contribution in [0.25, 0.3) is 0 Å². The number of hydrogen-bond donors (Lipinski definition) is 1. The Labute approximate surface area is 137 Å². The molecule has 0 bridgehead atoms. The highest BCUT2D eigenvalue weighted by atomic mass is 79.9. The summed E-state index contributed by atoms with van der Waals surface area (Å²) in [4.78, 5) is 1.08. The van der Waals surface area contributed by atoms with E-state index in [1.165, 1.54) is 11.3 Å². The Morgan fingerprint density at radius 3 is 2.17 bits per heavy atom. The minimum Gasteiger partial charge on any atom is -0.378 e. The van der Waals surface area contributed by atoms with Crippen LogP contribution in [0.1, 0.15) is 4.88 Å². The van der Waals surface area contributed by atoms with Crippen molar-refractivity contribution in [3.63, 3.8) is 0 Å². The zero-order valence-electron chi connectivity index (χ0n) is 8.74. The Kier molecular flexibility index (Phi) is 5.09. The second-order valence-corrected chi connectivity index (χ2v) is 7.28. The molecule has 2 rings (SSSR count). The van der Waals surface area contributed by atoms with E-state index in [9.17, 15) is 0 Å². The van der Waals surface area contributed by atoms with E-state index in [0.717, 1.165) is 13.7 Å². The van der Waals surface area contributed by atoms with Gasteiger partial charge in [-0.2, -0.15) is 0 Å². The van der Waals surface area contributed by atoms with Crippen LogP contribution in [-0.4, -0.2) is 0 Å². The van der Waals surface area contributed by atoms with E-state index in [1.807, 2.05) is 6.07 Å². The monoisotopic (exact) mass is 403 g/mol. The number of rotatable bonds is 3. The van der Waals surface area contributed by atoms with E-state index in [4.69, 9.17) is 46.4 Å². The number of anilines is 1. The summed E-state index contributed by atoms with van der Waals surface area (Å²) in [5, 5.41) is 4.67. The molecule has 0 saturated carbocycles. The van der Waals surface area contributed by atoms with Gasteiger partial charge in [0.2, 0.25) is 0 Å². The summed E-state index contributed by atoms with van der Waals surface area (Å²) < 4.78 is 1.61. The topological polar surface area (TPSA) is 12.0 Å². The Balaban J connectivity index is 2.15. The normalized spacial score (nSPS) is 10.7. The summed E-state index contributed by atoms with van der Waals surface area (Å²) in [5.41, 5.74) is 0.670. The predicted molar refractivity (Wildman–Crippen MR) is 85.8 cm³/mol. The van der Waals surface area contributed by atoms with Gasteiger partial charge in [-0.15, -0.1) is 11.3 Å². The van der Waals surface area contributed by atoms with Gasteiger partial charge in [-0.25, -0.2) is 0 Å². The molecule has 0 radical (unpaired) electrons. The molecule has 0 aliphatic carbocycles. The van der Waals surface area contributed by atoms with Gasteiger partial charge >= 0.3 is 0 Å². The molecule has 0 spiro atoms. The molecule has 1 heterocycles. The number of nitrogens with one attached hydrogen (secondary N) is 1. The molecule has 0 unspecified atom stereocenters. The molecule has 18 heavy (non-hydrogen) atoms. The van der Waals surface area contributed by atoms with Crippen LogP contribution in [0.15, 0.2) is 22.7 Å². The summed E-state index contributed by atoms with van der Waals surface area (Å²) in [6.07, 6.45) is 0. The van der Waals surface area contributed by atoms with Gasteiger partial charge in [-0.3, -0.25) is 0 Å². The molecule has 1 nitrogen and oxygen atoms in total. The summed E-state index contributed by atoms with van der Waals surface area (Å²) in [5.74, 6) is 0. The van der Waals surface area contributed by atoms with Crippen LogP contribution in [0, 0.1) is 0 Å². The van der Waals surface area contributed by atoms with Crippen LogP contribution in [0.2, 0.25) is 19.4 Å². The van der Waals surface area contributed by atoms with Gasteiger partial charge in [0, 0.05) is 20.9 Å². The maximum Gasteiger partial charge on any atom is 0.107 e. The lowest BCUT2D eigenvalue weighted by Crippen LogP contribution is -1.98. The maximum atomic E-state index is 6.07. The minimum absolute atomic E-state index is 0.495. The maximum absolute atomic E-state index is 6.07. The van der Waals surface area contributed by atoms with Crippen molar-refractivity contribution in [3.05, 3.63) is 47.0 Å². The van der Waals surface area contributed by atoms with Crippen molar-refractivity contribution < 1.29 is 0 Å². The molecule has 0 aliphatic rings. The van der Waals surface area contributed by atoms with Crippen molar-refractivity contribution in [2.24, 2.45) is 0 Å². The fourth-order valence-corrected chi connectivity index (χ4v) is 4.05. The van der Waals surface area contributed by atoms with E-state index in [-0.39, 0.29) is 0 Å². The highest BCUT2D eigenvalue weighted by Crippen LogP contribution is 2.36. The first-order chi connectivity index (χ1) is 8.47. The lowest BCUT2D eigenvalue weighted by atomic mass is 10.3. The smallest absolute Gasteiger partial charge is 0.107 e. The first kappa shape index (κ1) is 14.8. The molecule has 0 atom stereocenters. The van der Waals surface area contributed by atoms with Crippen LogP contribution in [-0.2, 0) is 6.54 Å². The first-order valence-corrected chi connectivity index (χ1v) is 7.91. The van der Waals surface area contributed by atoms with Gasteiger partial charge < -0.3 is 5.32 Å². The first-order valence-electron chi connectivity index (χ1n) is 4.79. The average Bonchev–Trinajstić information content (AvgIpc) is 2.56. The molecular weight excluding hydrogens is 400 g/mol. The van der Waals surface area contributed by atoms with Gasteiger partial charge in [0.15, 0.2) is 0 Å². The van der Waals surface area contributed by atoms with Gasteiger partial charge in [0.1, 0.15) is 4.34 Å². The third-order valence-corrected chi connectivity index (χ3v) is 5.43. The van der Waals surface area contributed by atoms with Gasteiger partial charge in [0.05, 0.1) is 15.7 Å². The lowest BCUT2D eigenvalue weighted by Gasteiger charge is -2.09. The van der Waals surface area contributed by atoms with Crippen molar-refractivity contribution in [1.29, 1.82) is 0 Å². The van der Waals surface area contributed by atoms with Crippen molar-refractivity contribution in [2.75, 3.05) is 5.32 Å². The molecule has 0 fully saturated rings. The van der Waals surface area contributed by atoms with Crippen LogP contribution in [0.4, 0.5) is 5.69 Å². The predicted octanol–water partition coefficient (Wildman–Crippen LogP) is 6.74. The van der Waals surface area contributed by atoms with Crippen LogP contribution >= 0.6 is 73.7 Å². The Morgan fingerprint density at radius 2 is 1.67 bits per heavy atom. The summed E-state index contributed by atoms with van der Waals surface area (Å²) in [7, 11) is 0. The largest absolute Gasteiger partial charge is 0.378 e. The van der Waals surface area contributed by atoms with Gasteiger partial charge in [0.25, 0.3) is 0 Å². The Morgan fingerprint density at radius 1 is 1.06 bits per heavy atom. The summed E-state index contributed by atoms with van der Waals surface area (Å²) in [6, 6.07) is 5.25. The second-order valence-electron chi connectivity index (χ2n) is 3.43. The lowest BCUT2D eigenvalue weighted by molar-refractivity contribution is 1.19. The van der Waals surface area contributed by atoms with E-state index in [0.29, 0.717) is 27.3 Å². The minimum atomic E-state index is 0.495. The summed E-state index contributed by atoms with van der Waals surface area (Å²) >= 11 is 28.8. The highest BCUT2D eigenvalue weighted by Gasteiger charge is 2.09. The molecule has 96 valence electrons. The van der Waals surface area contributed by atoms with E-state index >= 15 is 0 Å². The quantitative estimate of drug-likeness (QED) is 0.596. The molecule has 0 amide bonds. The van der Waals surface area contributed by atoms with Gasteiger partial charge in [-0.1, -0.05) is 46.4 Å². The number of halogens is 5. The van der Waals surface area contributed by atoms with Crippen molar-refractivity contribution in [3.8, 4) is 0 Å². The van der Waals surface area contributed by atoms with E-state index in [2.05, 4.69) is 21.2 Å². The molecule has 2 aromatic rings. The highest BCUT2D eigenvalue weighted by molar-refractivity contribution is 9.10. The Hall–Kier alpha value is 0.360. The third kappa shape index (κ3) is 3.47. The molecule has 0 aliphatic heterocycles. The molecule has 0 saturated heterocycles. The molecule has 1 aromatic carbocycles. The fraction of sp³-hybridized carbons (Fsp3) is 0.0909. The second kappa shape index (κ2) is 6.21. The SMILES string of the molecule is Clc1cc(Cl)c(NCc2cc(Br)c(Cl)s2)c(Cl)c1. The van der Waals surface area contributed by atoms with Crippen LogP contribution < -0.4 is 5.32 Å². The van der Waals surface area contributed by atoms with Crippen LogP contribution in [0.5, 0.6) is 0 Å². The van der Waals surface area contributed by atoms with E-state index in [1.54, 1.807) is 12.1 Å².